The van der Waals surface area contributed by atoms with Gasteiger partial charge in [-0.3, -0.25) is 9.59 Å². The first kappa shape index (κ1) is 17.6. The number of carbonyl (C=O) groups excluding carboxylic acids is 2. The summed E-state index contributed by atoms with van der Waals surface area (Å²) >= 11 is 5.80. The van der Waals surface area contributed by atoms with Crippen molar-refractivity contribution in [3.63, 3.8) is 0 Å². The Hall–Kier alpha value is -1.79. The molecule has 1 aromatic carbocycles. The van der Waals surface area contributed by atoms with Crippen LogP contribution < -0.4 is 10.1 Å². The quantitative estimate of drug-likeness (QED) is 0.851. The number of methoxy groups -OCH3 is 1. The van der Waals surface area contributed by atoms with E-state index in [1.807, 2.05) is 0 Å². The molecule has 0 spiro atoms. The van der Waals surface area contributed by atoms with Crippen LogP contribution in [0.15, 0.2) is 24.3 Å². The highest BCUT2D eigenvalue weighted by Gasteiger charge is 2.23. The van der Waals surface area contributed by atoms with Gasteiger partial charge in [0.25, 0.3) is 5.91 Å². The van der Waals surface area contributed by atoms with E-state index in [0.29, 0.717) is 23.9 Å². The van der Waals surface area contributed by atoms with E-state index in [1.54, 1.807) is 29.2 Å². The van der Waals surface area contributed by atoms with Crippen molar-refractivity contribution in [3.8, 4) is 5.75 Å². The second-order valence-electron chi connectivity index (χ2n) is 5.40. The third-order valence-electron chi connectivity index (χ3n) is 3.66. The number of piperidine rings is 1. The summed E-state index contributed by atoms with van der Waals surface area (Å²) in [5.41, 5.74) is 0. The molecule has 0 radical (unpaired) electrons. The number of hydrogen-bond donors (Lipinski definition) is 1. The lowest BCUT2D eigenvalue weighted by atomic mass is 10.1. The topological polar surface area (TPSA) is 67.9 Å². The van der Waals surface area contributed by atoms with Crippen LogP contribution in [0.3, 0.4) is 0 Å². The van der Waals surface area contributed by atoms with Crippen molar-refractivity contribution in [2.75, 3.05) is 33.4 Å². The maximum atomic E-state index is 12.1. The zero-order chi connectivity index (χ0) is 16.7. The van der Waals surface area contributed by atoms with Crippen molar-refractivity contribution in [2.45, 2.75) is 18.9 Å². The fraction of sp³-hybridized carbons (Fsp3) is 0.500. The molecule has 1 heterocycles. The van der Waals surface area contributed by atoms with Gasteiger partial charge in [-0.2, -0.15) is 0 Å². The standard InChI is InChI=1S/C16H21ClN2O4/c1-22-10-15(20)18-13-6-8-19(9-7-13)16(21)11-23-14-4-2-12(17)3-5-14/h2-5,13H,6-11H2,1H3,(H,18,20). The molecule has 0 unspecified atom stereocenters. The number of likely N-dealkylation sites (tertiary alicyclic amines) is 1. The van der Waals surface area contributed by atoms with Gasteiger partial charge in [-0.1, -0.05) is 11.6 Å². The molecule has 2 amide bonds. The minimum absolute atomic E-state index is 0.00231. The zero-order valence-electron chi connectivity index (χ0n) is 13.1. The van der Waals surface area contributed by atoms with E-state index in [2.05, 4.69) is 5.32 Å². The second kappa shape index (κ2) is 8.74. The summed E-state index contributed by atoms with van der Waals surface area (Å²) in [7, 11) is 1.49. The van der Waals surface area contributed by atoms with Crippen LogP contribution in [0.5, 0.6) is 5.75 Å². The molecule has 1 aliphatic heterocycles. The SMILES string of the molecule is COCC(=O)NC1CCN(C(=O)COc2ccc(Cl)cc2)CC1. The summed E-state index contributed by atoms with van der Waals surface area (Å²) in [5.74, 6) is 0.439. The minimum atomic E-state index is -0.122. The van der Waals surface area contributed by atoms with Gasteiger partial charge >= 0.3 is 0 Å². The van der Waals surface area contributed by atoms with Crippen molar-refractivity contribution in [2.24, 2.45) is 0 Å². The van der Waals surface area contributed by atoms with Gasteiger partial charge in [-0.25, -0.2) is 0 Å². The Kier molecular flexibility index (Phi) is 6.67. The summed E-state index contributed by atoms with van der Waals surface area (Å²) in [4.78, 5) is 25.4. The number of nitrogens with zero attached hydrogens (tertiary/aromatic N) is 1. The average molecular weight is 341 g/mol. The predicted molar refractivity (Wildman–Crippen MR) is 86.6 cm³/mol. The maximum Gasteiger partial charge on any atom is 0.260 e. The molecule has 126 valence electrons. The summed E-state index contributed by atoms with van der Waals surface area (Å²) in [6.45, 7) is 1.29. The molecule has 1 fully saturated rings. The number of rotatable bonds is 6. The second-order valence-corrected chi connectivity index (χ2v) is 5.83. The van der Waals surface area contributed by atoms with E-state index < -0.39 is 0 Å². The third kappa shape index (κ3) is 5.73. The van der Waals surface area contributed by atoms with Crippen molar-refractivity contribution >= 4 is 23.4 Å². The zero-order valence-corrected chi connectivity index (χ0v) is 13.8. The highest BCUT2D eigenvalue weighted by Crippen LogP contribution is 2.16. The lowest BCUT2D eigenvalue weighted by molar-refractivity contribution is -0.134. The lowest BCUT2D eigenvalue weighted by Crippen LogP contribution is -2.48. The summed E-state index contributed by atoms with van der Waals surface area (Å²) < 4.78 is 10.2. The van der Waals surface area contributed by atoms with Crippen LogP contribution in [0, 0.1) is 0 Å². The number of amides is 2. The van der Waals surface area contributed by atoms with Crippen molar-refractivity contribution < 1.29 is 19.1 Å². The third-order valence-corrected chi connectivity index (χ3v) is 3.92. The molecule has 0 bridgehead atoms. The van der Waals surface area contributed by atoms with Gasteiger partial charge in [0.2, 0.25) is 5.91 Å². The molecule has 1 saturated heterocycles. The fourth-order valence-corrected chi connectivity index (χ4v) is 2.57. The van der Waals surface area contributed by atoms with E-state index in [1.165, 1.54) is 7.11 Å². The number of hydrogen-bond acceptors (Lipinski definition) is 4. The Morgan fingerprint density at radius 3 is 2.48 bits per heavy atom. The maximum absolute atomic E-state index is 12.1. The van der Waals surface area contributed by atoms with E-state index in [4.69, 9.17) is 21.1 Å². The number of ether oxygens (including phenoxy) is 2. The molecule has 7 heteroatoms. The highest BCUT2D eigenvalue weighted by atomic mass is 35.5. The molecular formula is C16H21ClN2O4. The van der Waals surface area contributed by atoms with Crippen molar-refractivity contribution in [1.82, 2.24) is 10.2 Å². The Labute approximate surface area is 140 Å². The van der Waals surface area contributed by atoms with Crippen molar-refractivity contribution in [3.05, 3.63) is 29.3 Å². The first-order chi connectivity index (χ1) is 11.1. The monoisotopic (exact) mass is 340 g/mol. The molecule has 1 aliphatic rings. The van der Waals surface area contributed by atoms with Crippen LogP contribution in [0.1, 0.15) is 12.8 Å². The Bertz CT molecular complexity index is 527. The molecule has 23 heavy (non-hydrogen) atoms. The number of halogens is 1. The van der Waals surface area contributed by atoms with Crippen LogP contribution in [-0.4, -0.2) is 56.2 Å². The molecule has 1 N–H and O–H groups in total. The Balaban J connectivity index is 1.71. The first-order valence-electron chi connectivity index (χ1n) is 7.53. The van der Waals surface area contributed by atoms with Gasteiger partial charge < -0.3 is 19.7 Å². The predicted octanol–water partition coefficient (Wildman–Crippen LogP) is 1.47. The van der Waals surface area contributed by atoms with Gasteiger partial charge in [0, 0.05) is 31.3 Å². The molecular weight excluding hydrogens is 320 g/mol. The van der Waals surface area contributed by atoms with Gasteiger partial charge in [0.15, 0.2) is 6.61 Å². The molecule has 2 rings (SSSR count). The largest absolute Gasteiger partial charge is 0.484 e. The number of carbonyl (C=O) groups is 2. The van der Waals surface area contributed by atoms with Crippen LogP contribution in [0.25, 0.3) is 0 Å². The highest BCUT2D eigenvalue weighted by molar-refractivity contribution is 6.30. The lowest BCUT2D eigenvalue weighted by Gasteiger charge is -2.32. The molecule has 0 atom stereocenters. The molecule has 0 saturated carbocycles. The minimum Gasteiger partial charge on any atom is -0.484 e. The van der Waals surface area contributed by atoms with Crippen molar-refractivity contribution in [1.29, 1.82) is 0 Å². The van der Waals surface area contributed by atoms with Gasteiger partial charge in [-0.15, -0.1) is 0 Å². The van der Waals surface area contributed by atoms with Gasteiger partial charge in [0.1, 0.15) is 12.4 Å². The van der Waals surface area contributed by atoms with Crippen LogP contribution in [0.2, 0.25) is 5.02 Å². The smallest absolute Gasteiger partial charge is 0.260 e. The first-order valence-corrected chi connectivity index (χ1v) is 7.90. The molecule has 0 aromatic heterocycles. The Morgan fingerprint density at radius 1 is 1.22 bits per heavy atom. The van der Waals surface area contributed by atoms with Gasteiger partial charge in [0.05, 0.1) is 0 Å². The van der Waals surface area contributed by atoms with Crippen LogP contribution in [0.4, 0.5) is 0 Å². The molecule has 1 aromatic rings. The van der Waals surface area contributed by atoms with Crippen LogP contribution in [-0.2, 0) is 14.3 Å². The van der Waals surface area contributed by atoms with E-state index in [0.717, 1.165) is 12.8 Å². The fourth-order valence-electron chi connectivity index (χ4n) is 2.44. The van der Waals surface area contributed by atoms with Gasteiger partial charge in [-0.05, 0) is 37.1 Å². The summed E-state index contributed by atoms with van der Waals surface area (Å²) in [6, 6.07) is 6.99. The summed E-state index contributed by atoms with van der Waals surface area (Å²) in [6.07, 6.45) is 1.48. The van der Waals surface area contributed by atoms with E-state index >= 15 is 0 Å². The average Bonchev–Trinajstić information content (AvgIpc) is 2.55. The Morgan fingerprint density at radius 2 is 1.87 bits per heavy atom. The molecule has 0 aliphatic carbocycles. The van der Waals surface area contributed by atoms with E-state index in [9.17, 15) is 9.59 Å². The molecule has 6 nitrogen and oxygen atoms in total. The number of nitrogens with one attached hydrogen (secondary N) is 1. The summed E-state index contributed by atoms with van der Waals surface area (Å²) in [5, 5.41) is 3.52. The van der Waals surface area contributed by atoms with E-state index in [-0.39, 0.29) is 31.1 Å². The normalized spacial score (nSPS) is 15.3. The van der Waals surface area contributed by atoms with Crippen LogP contribution >= 0.6 is 11.6 Å². The number of benzene rings is 1.